The molecule has 0 aliphatic heterocycles. The molecule has 0 radical (unpaired) electrons. The lowest BCUT2D eigenvalue weighted by Gasteiger charge is -2.02. The molecule has 0 bridgehead atoms. The molecular weight excluding hydrogens is 343 g/mol. The van der Waals surface area contributed by atoms with Crippen LogP contribution in [0.4, 0.5) is 4.39 Å². The number of nitrogens with one attached hydrogen (secondary N) is 2. The highest BCUT2D eigenvalue weighted by Crippen LogP contribution is 2.30. The van der Waals surface area contributed by atoms with E-state index < -0.39 is 0 Å². The minimum absolute atomic E-state index is 0.270. The van der Waals surface area contributed by atoms with Gasteiger partial charge < -0.3 is 4.98 Å². The maximum absolute atomic E-state index is 13.6. The molecule has 132 valence electrons. The van der Waals surface area contributed by atoms with Crippen molar-refractivity contribution in [3.05, 3.63) is 66.7 Å². The van der Waals surface area contributed by atoms with E-state index in [1.165, 1.54) is 12.1 Å². The number of aromatic nitrogens is 6. The Kier molecular flexibility index (Phi) is 3.39. The van der Waals surface area contributed by atoms with Crippen LogP contribution >= 0.6 is 0 Å². The fraction of sp³-hybridized carbons (Fsp3) is 0.0500. The topological polar surface area (TPSA) is 75.2 Å². The van der Waals surface area contributed by atoms with Crippen LogP contribution in [-0.2, 0) is 7.05 Å². The number of aromatic amines is 2. The lowest BCUT2D eigenvalue weighted by atomic mass is 10.0. The van der Waals surface area contributed by atoms with Gasteiger partial charge in [-0.25, -0.2) is 9.37 Å². The van der Waals surface area contributed by atoms with Gasteiger partial charge in [0.25, 0.3) is 0 Å². The van der Waals surface area contributed by atoms with Gasteiger partial charge in [-0.3, -0.25) is 9.78 Å². The van der Waals surface area contributed by atoms with E-state index >= 15 is 0 Å². The van der Waals surface area contributed by atoms with Crippen molar-refractivity contribution in [3.8, 4) is 33.9 Å². The van der Waals surface area contributed by atoms with Crippen LogP contribution in [0.15, 0.2) is 60.9 Å². The molecule has 5 rings (SSSR count). The van der Waals surface area contributed by atoms with Crippen molar-refractivity contribution < 1.29 is 4.39 Å². The molecule has 0 aliphatic rings. The summed E-state index contributed by atoms with van der Waals surface area (Å²) in [4.78, 5) is 8.02. The standard InChI is InChI=1S/C20H15FN6/c1-27-11-13(10-22-27)17-9-18(26-25-17)20-23-16-7-3-6-15(19(16)24-20)12-4-2-5-14(21)8-12/h2-11H,1H3,(H,23,24)(H,25,26). The van der Waals surface area contributed by atoms with Gasteiger partial charge >= 0.3 is 0 Å². The van der Waals surface area contributed by atoms with Crippen LogP contribution < -0.4 is 0 Å². The Labute approximate surface area is 153 Å². The Hall–Kier alpha value is -3.74. The Morgan fingerprint density at radius 2 is 1.93 bits per heavy atom. The van der Waals surface area contributed by atoms with Crippen molar-refractivity contribution in [2.24, 2.45) is 7.05 Å². The second-order valence-corrected chi connectivity index (χ2v) is 6.37. The predicted molar refractivity (Wildman–Crippen MR) is 101 cm³/mol. The van der Waals surface area contributed by atoms with Gasteiger partial charge in [-0.2, -0.15) is 10.2 Å². The average molecular weight is 358 g/mol. The second-order valence-electron chi connectivity index (χ2n) is 6.37. The zero-order valence-corrected chi connectivity index (χ0v) is 14.4. The molecule has 2 N–H and O–H groups in total. The smallest absolute Gasteiger partial charge is 0.159 e. The summed E-state index contributed by atoms with van der Waals surface area (Å²) >= 11 is 0. The number of para-hydroxylation sites is 1. The molecule has 3 aromatic heterocycles. The molecule has 3 heterocycles. The van der Waals surface area contributed by atoms with E-state index in [4.69, 9.17) is 4.98 Å². The summed E-state index contributed by atoms with van der Waals surface area (Å²) in [5.41, 5.74) is 5.84. The van der Waals surface area contributed by atoms with Gasteiger partial charge in [0.2, 0.25) is 0 Å². The second kappa shape index (κ2) is 5.91. The Morgan fingerprint density at radius 1 is 1.04 bits per heavy atom. The van der Waals surface area contributed by atoms with Crippen LogP contribution in [0.2, 0.25) is 0 Å². The molecule has 0 saturated heterocycles. The first-order valence-corrected chi connectivity index (χ1v) is 8.47. The highest BCUT2D eigenvalue weighted by molar-refractivity contribution is 5.93. The highest BCUT2D eigenvalue weighted by atomic mass is 19.1. The number of H-pyrrole nitrogens is 2. The summed E-state index contributed by atoms with van der Waals surface area (Å²) in [6.45, 7) is 0. The average Bonchev–Trinajstić information content (AvgIpc) is 3.39. The molecule has 0 amide bonds. The minimum atomic E-state index is -0.270. The minimum Gasteiger partial charge on any atom is -0.337 e. The normalized spacial score (nSPS) is 11.3. The molecule has 0 saturated carbocycles. The van der Waals surface area contributed by atoms with Crippen molar-refractivity contribution in [2.45, 2.75) is 0 Å². The van der Waals surface area contributed by atoms with Gasteiger partial charge in [0.15, 0.2) is 5.82 Å². The maximum Gasteiger partial charge on any atom is 0.159 e. The molecule has 0 atom stereocenters. The van der Waals surface area contributed by atoms with Crippen molar-refractivity contribution in [1.82, 2.24) is 29.9 Å². The van der Waals surface area contributed by atoms with Gasteiger partial charge in [-0.1, -0.05) is 24.3 Å². The summed E-state index contributed by atoms with van der Waals surface area (Å²) in [6.07, 6.45) is 3.69. The van der Waals surface area contributed by atoms with Crippen LogP contribution in [0.1, 0.15) is 0 Å². The lowest BCUT2D eigenvalue weighted by Crippen LogP contribution is -1.84. The predicted octanol–water partition coefficient (Wildman–Crippen LogP) is 4.16. The zero-order valence-electron chi connectivity index (χ0n) is 14.4. The van der Waals surface area contributed by atoms with Gasteiger partial charge in [-0.15, -0.1) is 0 Å². The SMILES string of the molecule is Cn1cc(-c2cc(-c3nc4c(-c5cccc(F)c5)cccc4[nH]3)n[nH]2)cn1. The molecule has 0 fully saturated rings. The quantitative estimate of drug-likeness (QED) is 0.508. The van der Waals surface area contributed by atoms with Crippen molar-refractivity contribution in [2.75, 3.05) is 0 Å². The number of aryl methyl sites for hydroxylation is 1. The van der Waals surface area contributed by atoms with E-state index in [1.54, 1.807) is 16.9 Å². The van der Waals surface area contributed by atoms with Gasteiger partial charge in [-0.05, 0) is 29.8 Å². The summed E-state index contributed by atoms with van der Waals surface area (Å²) in [5.74, 6) is 0.383. The third kappa shape index (κ3) is 2.69. The molecule has 5 aromatic rings. The largest absolute Gasteiger partial charge is 0.337 e. The number of halogens is 1. The maximum atomic E-state index is 13.6. The van der Waals surface area contributed by atoms with Gasteiger partial charge in [0.05, 0.1) is 22.9 Å². The lowest BCUT2D eigenvalue weighted by molar-refractivity contribution is 0.628. The summed E-state index contributed by atoms with van der Waals surface area (Å²) in [7, 11) is 1.87. The number of nitrogens with zero attached hydrogens (tertiary/aromatic N) is 4. The van der Waals surface area contributed by atoms with Crippen molar-refractivity contribution >= 4 is 11.0 Å². The first kappa shape index (κ1) is 15.5. The summed E-state index contributed by atoms with van der Waals surface area (Å²) in [6, 6.07) is 14.3. The Bertz CT molecular complexity index is 1260. The zero-order chi connectivity index (χ0) is 18.4. The van der Waals surface area contributed by atoms with E-state index in [2.05, 4.69) is 20.3 Å². The number of imidazole rings is 1. The van der Waals surface area contributed by atoms with Gasteiger partial charge in [0, 0.05) is 24.4 Å². The van der Waals surface area contributed by atoms with E-state index in [9.17, 15) is 4.39 Å². The molecule has 6 nitrogen and oxygen atoms in total. The fourth-order valence-electron chi connectivity index (χ4n) is 3.19. The fourth-order valence-corrected chi connectivity index (χ4v) is 3.19. The number of hydrogen-bond donors (Lipinski definition) is 2. The van der Waals surface area contributed by atoms with Crippen LogP contribution in [0.25, 0.3) is 44.9 Å². The van der Waals surface area contributed by atoms with E-state index in [0.29, 0.717) is 11.5 Å². The van der Waals surface area contributed by atoms with Crippen LogP contribution in [-0.4, -0.2) is 29.9 Å². The molecular formula is C20H15FN6. The molecule has 27 heavy (non-hydrogen) atoms. The molecule has 0 unspecified atom stereocenters. The van der Waals surface area contributed by atoms with E-state index in [0.717, 1.165) is 33.4 Å². The van der Waals surface area contributed by atoms with Crippen LogP contribution in [0.3, 0.4) is 0 Å². The van der Waals surface area contributed by atoms with E-state index in [1.807, 2.05) is 43.6 Å². The number of hydrogen-bond acceptors (Lipinski definition) is 3. The highest BCUT2D eigenvalue weighted by Gasteiger charge is 2.14. The Morgan fingerprint density at radius 3 is 2.74 bits per heavy atom. The summed E-state index contributed by atoms with van der Waals surface area (Å²) < 4.78 is 15.4. The van der Waals surface area contributed by atoms with Crippen molar-refractivity contribution in [1.29, 1.82) is 0 Å². The number of benzene rings is 2. The third-order valence-corrected chi connectivity index (χ3v) is 4.48. The molecule has 0 spiro atoms. The monoisotopic (exact) mass is 358 g/mol. The third-order valence-electron chi connectivity index (χ3n) is 4.48. The first-order chi connectivity index (χ1) is 13.2. The Balaban J connectivity index is 1.60. The number of rotatable bonds is 3. The summed E-state index contributed by atoms with van der Waals surface area (Å²) in [5, 5.41) is 11.6. The molecule has 0 aliphatic carbocycles. The van der Waals surface area contributed by atoms with Crippen molar-refractivity contribution in [3.63, 3.8) is 0 Å². The first-order valence-electron chi connectivity index (χ1n) is 8.47. The van der Waals surface area contributed by atoms with Gasteiger partial charge in [0.1, 0.15) is 11.5 Å². The van der Waals surface area contributed by atoms with Crippen LogP contribution in [0.5, 0.6) is 0 Å². The van der Waals surface area contributed by atoms with E-state index in [-0.39, 0.29) is 5.82 Å². The van der Waals surface area contributed by atoms with Crippen LogP contribution in [0, 0.1) is 5.82 Å². The molecule has 7 heteroatoms. The molecule has 2 aromatic carbocycles. The number of fused-ring (bicyclic) bond motifs is 1.